The van der Waals surface area contributed by atoms with Crippen LogP contribution in [0.3, 0.4) is 0 Å². The molecule has 0 nitrogen and oxygen atoms in total. The molecule has 0 saturated carbocycles. The van der Waals surface area contributed by atoms with Crippen molar-refractivity contribution in [1.82, 2.24) is 0 Å². The maximum absolute atomic E-state index is 12.5. The van der Waals surface area contributed by atoms with E-state index in [9.17, 15) is 4.39 Å². The molecule has 2 heterocycles. The first kappa shape index (κ1) is 13.3. The summed E-state index contributed by atoms with van der Waals surface area (Å²) < 4.78 is 13.5. The highest BCUT2D eigenvalue weighted by Crippen LogP contribution is 2.23. The van der Waals surface area contributed by atoms with Crippen molar-refractivity contribution >= 4 is 35.3 Å². The van der Waals surface area contributed by atoms with Gasteiger partial charge in [0, 0.05) is 15.6 Å². The first-order valence-electron chi connectivity index (χ1n) is 5.12. The van der Waals surface area contributed by atoms with E-state index in [1.165, 1.54) is 34.8 Å². The Labute approximate surface area is 119 Å². The van der Waals surface area contributed by atoms with Gasteiger partial charge in [-0.3, -0.25) is 0 Å². The van der Waals surface area contributed by atoms with Crippen LogP contribution in [0, 0.1) is 16.6 Å². The lowest BCUT2D eigenvalue weighted by atomic mass is 10.2. The van der Waals surface area contributed by atoms with Crippen LogP contribution in [0.1, 0.15) is 0 Å². The highest BCUT2D eigenvalue weighted by molar-refractivity contribution is 7.82. The van der Waals surface area contributed by atoms with Crippen LogP contribution in [0.5, 0.6) is 0 Å². The van der Waals surface area contributed by atoms with E-state index in [0.29, 0.717) is 0 Å². The largest absolute Gasteiger partial charge is 0.207 e. The van der Waals surface area contributed by atoms with Gasteiger partial charge in [0.2, 0.25) is 0 Å². The first-order valence-corrected chi connectivity index (χ1v) is 7.20. The Balaban J connectivity index is 0.000000169. The molecule has 0 spiro atoms. The standard InChI is InChI=1S/C10H6FS.C4H3S2/c11-9-5-3-8(4-6-9)10-2-1-7-12-10;5-4-2-1-3-6-4/h1-6H;1-2,5H. The number of thiol groups is 1. The molecule has 0 fully saturated rings. The SMILES string of the molecule is Fc1ccc(-c2cc[c]s2)cc1.Sc1cc[c]s1. The lowest BCUT2D eigenvalue weighted by Crippen LogP contribution is -1.73. The van der Waals surface area contributed by atoms with Gasteiger partial charge in [0.25, 0.3) is 0 Å². The summed E-state index contributed by atoms with van der Waals surface area (Å²) in [5.74, 6) is -0.195. The zero-order valence-corrected chi connectivity index (χ0v) is 11.8. The molecular formula is C14H9FS3. The molecular weight excluding hydrogens is 283 g/mol. The molecule has 0 N–H and O–H groups in total. The second-order valence-electron chi connectivity index (χ2n) is 3.32. The molecule has 2 aromatic heterocycles. The Bertz CT molecular complexity index is 554. The molecule has 0 amide bonds. The zero-order valence-electron chi connectivity index (χ0n) is 9.26. The quantitative estimate of drug-likeness (QED) is 0.586. The Morgan fingerprint density at radius 2 is 1.56 bits per heavy atom. The normalized spacial score (nSPS) is 9.67. The molecule has 90 valence electrons. The van der Waals surface area contributed by atoms with Gasteiger partial charge in [-0.25, -0.2) is 4.39 Å². The summed E-state index contributed by atoms with van der Waals surface area (Å²) >= 11 is 7.07. The lowest BCUT2D eigenvalue weighted by Gasteiger charge is -1.94. The molecule has 4 heteroatoms. The van der Waals surface area contributed by atoms with E-state index in [0.717, 1.165) is 14.6 Å². The number of halogens is 1. The van der Waals surface area contributed by atoms with Crippen LogP contribution in [0.2, 0.25) is 0 Å². The number of hydrogen-bond acceptors (Lipinski definition) is 3. The van der Waals surface area contributed by atoms with Gasteiger partial charge in [-0.2, -0.15) is 0 Å². The molecule has 1 aromatic carbocycles. The number of benzene rings is 1. The summed E-state index contributed by atoms with van der Waals surface area (Å²) in [6.07, 6.45) is 0. The number of hydrogen-bond donors (Lipinski definition) is 1. The van der Waals surface area contributed by atoms with Crippen molar-refractivity contribution in [3.8, 4) is 10.4 Å². The van der Waals surface area contributed by atoms with E-state index < -0.39 is 0 Å². The molecule has 0 unspecified atom stereocenters. The summed E-state index contributed by atoms with van der Waals surface area (Å²) in [6, 6.07) is 14.1. The van der Waals surface area contributed by atoms with Crippen molar-refractivity contribution in [3.63, 3.8) is 0 Å². The molecule has 3 aromatic rings. The fourth-order valence-electron chi connectivity index (χ4n) is 1.24. The minimum Gasteiger partial charge on any atom is -0.207 e. The molecule has 0 bridgehead atoms. The van der Waals surface area contributed by atoms with Crippen LogP contribution in [-0.4, -0.2) is 0 Å². The van der Waals surface area contributed by atoms with Gasteiger partial charge in [0.15, 0.2) is 0 Å². The maximum atomic E-state index is 12.5. The lowest BCUT2D eigenvalue weighted by molar-refractivity contribution is 0.628. The Kier molecular flexibility index (Phi) is 4.99. The van der Waals surface area contributed by atoms with E-state index >= 15 is 0 Å². The van der Waals surface area contributed by atoms with E-state index in [2.05, 4.69) is 23.4 Å². The minimum absolute atomic E-state index is 0.195. The average Bonchev–Trinajstić information content (AvgIpc) is 3.03. The van der Waals surface area contributed by atoms with Crippen LogP contribution in [0.15, 0.2) is 52.7 Å². The summed E-state index contributed by atoms with van der Waals surface area (Å²) in [4.78, 5) is 1.12. The zero-order chi connectivity index (χ0) is 12.8. The van der Waals surface area contributed by atoms with Gasteiger partial charge < -0.3 is 0 Å². The Hall–Kier alpha value is -1.10. The van der Waals surface area contributed by atoms with Crippen molar-refractivity contribution in [2.45, 2.75) is 4.21 Å². The van der Waals surface area contributed by atoms with Crippen LogP contribution >= 0.6 is 35.3 Å². The Morgan fingerprint density at radius 3 is 2.00 bits per heavy atom. The minimum atomic E-state index is -0.195. The van der Waals surface area contributed by atoms with Crippen LogP contribution in [0.4, 0.5) is 4.39 Å². The summed E-state index contributed by atoms with van der Waals surface area (Å²) in [5, 5.41) is 5.89. The van der Waals surface area contributed by atoms with Crippen molar-refractivity contribution in [3.05, 3.63) is 65.1 Å². The summed E-state index contributed by atoms with van der Waals surface area (Å²) in [7, 11) is 0. The highest BCUT2D eigenvalue weighted by atomic mass is 32.2. The average molecular weight is 292 g/mol. The van der Waals surface area contributed by atoms with Crippen molar-refractivity contribution in [2.75, 3.05) is 0 Å². The molecule has 3 rings (SSSR count). The van der Waals surface area contributed by atoms with E-state index in [4.69, 9.17) is 0 Å². The third-order valence-corrected chi connectivity index (χ3v) is 3.93. The molecule has 0 aliphatic heterocycles. The fourth-order valence-corrected chi connectivity index (χ4v) is 2.52. The van der Waals surface area contributed by atoms with Crippen molar-refractivity contribution in [1.29, 1.82) is 0 Å². The molecule has 0 saturated heterocycles. The first-order chi connectivity index (χ1) is 8.75. The fraction of sp³-hybridized carbons (Fsp3) is 0. The van der Waals surface area contributed by atoms with Crippen LogP contribution in [0.25, 0.3) is 10.4 Å². The van der Waals surface area contributed by atoms with Crippen molar-refractivity contribution in [2.24, 2.45) is 0 Å². The summed E-state index contributed by atoms with van der Waals surface area (Å²) in [6.45, 7) is 0. The molecule has 0 aliphatic rings. The molecule has 0 aliphatic carbocycles. The third kappa shape index (κ3) is 3.98. The third-order valence-electron chi connectivity index (χ3n) is 2.06. The molecule has 2 radical (unpaired) electrons. The monoisotopic (exact) mass is 292 g/mol. The highest BCUT2D eigenvalue weighted by Gasteiger charge is 1.97. The van der Waals surface area contributed by atoms with Gasteiger partial charge in [-0.15, -0.1) is 35.3 Å². The second kappa shape index (κ2) is 6.73. The summed E-state index contributed by atoms with van der Waals surface area (Å²) in [5.41, 5.74) is 1.04. The molecule has 18 heavy (non-hydrogen) atoms. The van der Waals surface area contributed by atoms with Crippen LogP contribution < -0.4 is 0 Å². The topological polar surface area (TPSA) is 0 Å². The maximum Gasteiger partial charge on any atom is 0.123 e. The predicted molar refractivity (Wildman–Crippen MR) is 79.0 cm³/mol. The van der Waals surface area contributed by atoms with E-state index in [1.807, 2.05) is 24.3 Å². The van der Waals surface area contributed by atoms with E-state index in [-0.39, 0.29) is 5.82 Å². The van der Waals surface area contributed by atoms with Gasteiger partial charge in [-0.1, -0.05) is 12.1 Å². The second-order valence-corrected chi connectivity index (χ2v) is 5.86. The van der Waals surface area contributed by atoms with Gasteiger partial charge in [0.1, 0.15) is 5.82 Å². The number of thiophene rings is 2. The Morgan fingerprint density at radius 1 is 0.889 bits per heavy atom. The smallest absolute Gasteiger partial charge is 0.123 e. The van der Waals surface area contributed by atoms with Crippen molar-refractivity contribution < 1.29 is 4.39 Å². The molecule has 0 atom stereocenters. The van der Waals surface area contributed by atoms with Gasteiger partial charge in [-0.05, 0) is 42.0 Å². The van der Waals surface area contributed by atoms with Gasteiger partial charge in [0.05, 0.1) is 4.21 Å². The number of rotatable bonds is 1. The van der Waals surface area contributed by atoms with E-state index in [1.54, 1.807) is 12.1 Å². The van der Waals surface area contributed by atoms with Crippen LogP contribution in [-0.2, 0) is 0 Å². The van der Waals surface area contributed by atoms with Gasteiger partial charge >= 0.3 is 0 Å². The predicted octanol–water partition coefficient (Wildman–Crippen LogP) is 5.19.